The maximum Gasteiger partial charge on any atom is 0.253 e. The van der Waals surface area contributed by atoms with E-state index < -0.39 is 0 Å². The Morgan fingerprint density at radius 2 is 1.93 bits per heavy atom. The number of aliphatic hydroxyl groups excluding tert-OH is 1. The van der Waals surface area contributed by atoms with Crippen LogP contribution in [0.5, 0.6) is 0 Å². The zero-order valence-electron chi connectivity index (χ0n) is 17.0. The summed E-state index contributed by atoms with van der Waals surface area (Å²) in [5.41, 5.74) is 1.76. The summed E-state index contributed by atoms with van der Waals surface area (Å²) in [7, 11) is 6.14. The molecule has 1 amide bonds. The molecule has 0 saturated carbocycles. The van der Waals surface area contributed by atoms with Crippen molar-refractivity contribution in [1.29, 1.82) is 0 Å². The van der Waals surface area contributed by atoms with Gasteiger partial charge in [-0.25, -0.2) is 0 Å². The molecule has 2 saturated heterocycles. The Labute approximate surface area is 163 Å². The van der Waals surface area contributed by atoms with E-state index in [0.29, 0.717) is 12.5 Å². The molecule has 6 nitrogen and oxygen atoms in total. The van der Waals surface area contributed by atoms with E-state index in [-0.39, 0.29) is 18.4 Å². The van der Waals surface area contributed by atoms with E-state index in [2.05, 4.69) is 16.8 Å². The van der Waals surface area contributed by atoms with Crippen LogP contribution in [-0.2, 0) is 0 Å². The molecule has 150 valence electrons. The lowest BCUT2D eigenvalue weighted by Gasteiger charge is -2.26. The summed E-state index contributed by atoms with van der Waals surface area (Å²) in [6.45, 7) is 6.94. The van der Waals surface area contributed by atoms with Crippen molar-refractivity contribution in [3.8, 4) is 0 Å². The number of amides is 1. The maximum absolute atomic E-state index is 13.0. The van der Waals surface area contributed by atoms with Gasteiger partial charge in [-0.2, -0.15) is 0 Å². The van der Waals surface area contributed by atoms with Gasteiger partial charge in [0.15, 0.2) is 0 Å². The number of hydrogen-bond acceptors (Lipinski definition) is 5. The molecule has 0 aromatic heterocycles. The van der Waals surface area contributed by atoms with Crippen LogP contribution in [0.25, 0.3) is 0 Å². The molecule has 0 spiro atoms. The summed E-state index contributed by atoms with van der Waals surface area (Å²) >= 11 is 0. The lowest BCUT2D eigenvalue weighted by molar-refractivity contribution is 0.0779. The third-order valence-corrected chi connectivity index (χ3v) is 6.01. The normalized spacial score (nSPS) is 24.8. The molecule has 0 bridgehead atoms. The minimum absolute atomic E-state index is 0.0789. The van der Waals surface area contributed by atoms with Crippen molar-refractivity contribution in [2.45, 2.75) is 6.42 Å². The SMILES string of the molecule is CN1CCCN(CC2CN(C(=O)c3cccc(N(C)C)c3)CC2CO)CC1. The van der Waals surface area contributed by atoms with E-state index >= 15 is 0 Å². The maximum atomic E-state index is 13.0. The molecule has 2 aliphatic rings. The number of rotatable bonds is 5. The fraction of sp³-hybridized carbons (Fsp3) is 0.667. The molecule has 2 heterocycles. The Bertz CT molecular complexity index is 636. The molecule has 1 aromatic carbocycles. The second kappa shape index (κ2) is 9.04. The van der Waals surface area contributed by atoms with Crippen LogP contribution in [0.4, 0.5) is 5.69 Å². The number of hydrogen-bond donors (Lipinski definition) is 1. The minimum atomic E-state index is 0.0789. The van der Waals surface area contributed by atoms with Gasteiger partial charge in [0.05, 0.1) is 0 Å². The first-order valence-corrected chi connectivity index (χ1v) is 10.1. The van der Waals surface area contributed by atoms with Gasteiger partial charge in [0, 0.05) is 70.6 Å². The first-order chi connectivity index (χ1) is 13.0. The number of benzene rings is 1. The number of nitrogens with zero attached hydrogens (tertiary/aromatic N) is 4. The Hall–Kier alpha value is -1.63. The highest BCUT2D eigenvalue weighted by molar-refractivity contribution is 5.95. The predicted molar refractivity (Wildman–Crippen MR) is 109 cm³/mol. The largest absolute Gasteiger partial charge is 0.396 e. The van der Waals surface area contributed by atoms with Crippen LogP contribution in [0.15, 0.2) is 24.3 Å². The third kappa shape index (κ3) is 5.00. The molecule has 2 fully saturated rings. The number of carbonyl (C=O) groups excluding carboxylic acids is 1. The van der Waals surface area contributed by atoms with Crippen molar-refractivity contribution in [2.24, 2.45) is 11.8 Å². The van der Waals surface area contributed by atoms with E-state index in [1.54, 1.807) is 0 Å². The van der Waals surface area contributed by atoms with Crippen LogP contribution in [0.2, 0.25) is 0 Å². The fourth-order valence-electron chi connectivity index (χ4n) is 4.23. The van der Waals surface area contributed by atoms with Crippen molar-refractivity contribution in [3.63, 3.8) is 0 Å². The molecule has 3 rings (SSSR count). The zero-order valence-corrected chi connectivity index (χ0v) is 17.0. The summed E-state index contributed by atoms with van der Waals surface area (Å²) < 4.78 is 0. The van der Waals surface area contributed by atoms with Crippen LogP contribution in [0, 0.1) is 11.8 Å². The minimum Gasteiger partial charge on any atom is -0.396 e. The summed E-state index contributed by atoms with van der Waals surface area (Å²) in [6, 6.07) is 7.79. The Kier molecular flexibility index (Phi) is 6.73. The molecule has 2 aliphatic heterocycles. The topological polar surface area (TPSA) is 50.3 Å². The van der Waals surface area contributed by atoms with Crippen LogP contribution in [-0.4, -0.2) is 99.3 Å². The van der Waals surface area contributed by atoms with Crippen LogP contribution in [0.3, 0.4) is 0 Å². The van der Waals surface area contributed by atoms with Crippen LogP contribution in [0.1, 0.15) is 16.8 Å². The van der Waals surface area contributed by atoms with Crippen molar-refractivity contribution in [3.05, 3.63) is 29.8 Å². The highest BCUT2D eigenvalue weighted by Gasteiger charge is 2.36. The lowest BCUT2D eigenvalue weighted by Crippen LogP contribution is -2.36. The highest BCUT2D eigenvalue weighted by atomic mass is 16.3. The van der Waals surface area contributed by atoms with E-state index in [4.69, 9.17) is 0 Å². The molecule has 1 aromatic rings. The fourth-order valence-corrected chi connectivity index (χ4v) is 4.23. The second-order valence-electron chi connectivity index (χ2n) is 8.32. The van der Waals surface area contributed by atoms with Gasteiger partial charge in [-0.3, -0.25) is 4.79 Å². The van der Waals surface area contributed by atoms with Gasteiger partial charge in [-0.15, -0.1) is 0 Å². The van der Waals surface area contributed by atoms with Gasteiger partial charge in [-0.05, 0) is 50.7 Å². The molecule has 27 heavy (non-hydrogen) atoms. The summed E-state index contributed by atoms with van der Waals surface area (Å²) in [6.07, 6.45) is 1.19. The van der Waals surface area contributed by atoms with Gasteiger partial charge in [0.25, 0.3) is 5.91 Å². The Balaban J connectivity index is 1.64. The third-order valence-electron chi connectivity index (χ3n) is 6.01. The molecule has 2 unspecified atom stereocenters. The number of likely N-dealkylation sites (N-methyl/N-ethyl adjacent to an activating group) is 1. The Morgan fingerprint density at radius 3 is 2.67 bits per heavy atom. The lowest BCUT2D eigenvalue weighted by atomic mass is 9.96. The standard InChI is InChI=1S/C21H34N4O2/c1-22(2)20-7-4-6-17(12-20)21(27)25-14-18(19(15-25)16-26)13-24-9-5-8-23(3)10-11-24/h4,6-7,12,18-19,26H,5,8-11,13-16H2,1-3H3. The van der Waals surface area contributed by atoms with Gasteiger partial charge in [-0.1, -0.05) is 6.07 Å². The average Bonchev–Trinajstić information content (AvgIpc) is 2.96. The molecule has 0 aliphatic carbocycles. The van der Waals surface area contributed by atoms with E-state index in [1.165, 1.54) is 6.42 Å². The van der Waals surface area contributed by atoms with E-state index in [1.807, 2.05) is 48.2 Å². The quantitative estimate of drug-likeness (QED) is 0.836. The Morgan fingerprint density at radius 1 is 1.15 bits per heavy atom. The first kappa shape index (κ1) is 20.1. The van der Waals surface area contributed by atoms with E-state index in [9.17, 15) is 9.90 Å². The van der Waals surface area contributed by atoms with Gasteiger partial charge < -0.3 is 24.7 Å². The van der Waals surface area contributed by atoms with Crippen molar-refractivity contribution < 1.29 is 9.90 Å². The van der Waals surface area contributed by atoms with E-state index in [0.717, 1.165) is 50.5 Å². The molecular weight excluding hydrogens is 340 g/mol. The van der Waals surface area contributed by atoms with Crippen molar-refractivity contribution >= 4 is 11.6 Å². The molecule has 1 N–H and O–H groups in total. The van der Waals surface area contributed by atoms with Crippen molar-refractivity contribution in [2.75, 3.05) is 78.5 Å². The summed E-state index contributed by atoms with van der Waals surface area (Å²) in [5.74, 6) is 0.599. The number of likely N-dealkylation sites (tertiary alicyclic amines) is 1. The number of anilines is 1. The predicted octanol–water partition coefficient (Wildman–Crippen LogP) is 1.07. The molecule has 2 atom stereocenters. The van der Waals surface area contributed by atoms with Gasteiger partial charge in [0.2, 0.25) is 0 Å². The average molecular weight is 375 g/mol. The highest BCUT2D eigenvalue weighted by Crippen LogP contribution is 2.27. The van der Waals surface area contributed by atoms with Gasteiger partial charge in [0.1, 0.15) is 0 Å². The van der Waals surface area contributed by atoms with Crippen molar-refractivity contribution in [1.82, 2.24) is 14.7 Å². The smallest absolute Gasteiger partial charge is 0.253 e. The summed E-state index contributed by atoms with van der Waals surface area (Å²) in [5, 5.41) is 9.88. The zero-order chi connectivity index (χ0) is 19.4. The molecule has 6 heteroatoms. The van der Waals surface area contributed by atoms with Crippen LogP contribution >= 0.6 is 0 Å². The summed E-state index contributed by atoms with van der Waals surface area (Å²) in [4.78, 5) is 21.9. The second-order valence-corrected chi connectivity index (χ2v) is 8.32. The first-order valence-electron chi connectivity index (χ1n) is 10.1. The number of carbonyl (C=O) groups is 1. The molecular formula is C21H34N4O2. The monoisotopic (exact) mass is 374 g/mol. The number of aliphatic hydroxyl groups is 1. The van der Waals surface area contributed by atoms with Crippen LogP contribution < -0.4 is 4.90 Å². The molecule has 0 radical (unpaired) electrons. The van der Waals surface area contributed by atoms with Gasteiger partial charge >= 0.3 is 0 Å².